The minimum atomic E-state index is -0.817. The molecule has 0 bridgehead atoms. The lowest BCUT2D eigenvalue weighted by molar-refractivity contribution is -0.137. The van der Waals surface area contributed by atoms with E-state index in [1.54, 1.807) is 13.3 Å². The van der Waals surface area contributed by atoms with Gasteiger partial charge < -0.3 is 15.2 Å². The van der Waals surface area contributed by atoms with Gasteiger partial charge in [0.25, 0.3) is 5.91 Å². The number of carbonyl (C=O) groups excluding carboxylic acids is 1. The Morgan fingerprint density at radius 2 is 2.00 bits per heavy atom. The zero-order valence-corrected chi connectivity index (χ0v) is 13.6. The molecule has 122 valence electrons. The van der Waals surface area contributed by atoms with Gasteiger partial charge in [0.15, 0.2) is 0 Å². The molecule has 0 atom stereocenters. The van der Waals surface area contributed by atoms with Crippen LogP contribution in [0.3, 0.4) is 0 Å². The standard InChI is InChI=1S/C16H18N2O4S/c1-22-12-7-5-11(6-8-12)16-18-10-13(23-16)15(21)17-9-3-2-4-14(19)20/h5-8,10H,2-4,9H2,1H3,(H,17,21)(H,19,20). The fourth-order valence-corrected chi connectivity index (χ4v) is 2.77. The second-order valence-electron chi connectivity index (χ2n) is 4.86. The molecular weight excluding hydrogens is 316 g/mol. The quantitative estimate of drug-likeness (QED) is 0.725. The maximum absolute atomic E-state index is 12.0. The summed E-state index contributed by atoms with van der Waals surface area (Å²) in [5.74, 6) is -0.231. The third kappa shape index (κ3) is 5.07. The molecule has 2 rings (SSSR count). The van der Waals surface area contributed by atoms with Crippen molar-refractivity contribution in [3.8, 4) is 16.3 Å². The van der Waals surface area contributed by atoms with Crippen LogP contribution in [0.15, 0.2) is 30.5 Å². The number of aromatic nitrogens is 1. The minimum absolute atomic E-state index is 0.123. The van der Waals surface area contributed by atoms with Crippen molar-refractivity contribution < 1.29 is 19.4 Å². The highest BCUT2D eigenvalue weighted by atomic mass is 32.1. The van der Waals surface area contributed by atoms with Crippen molar-refractivity contribution in [2.24, 2.45) is 0 Å². The number of benzene rings is 1. The van der Waals surface area contributed by atoms with E-state index in [0.29, 0.717) is 24.3 Å². The largest absolute Gasteiger partial charge is 0.497 e. The van der Waals surface area contributed by atoms with Crippen LogP contribution in [0.5, 0.6) is 5.75 Å². The lowest BCUT2D eigenvalue weighted by Crippen LogP contribution is -2.23. The second-order valence-corrected chi connectivity index (χ2v) is 5.90. The van der Waals surface area contributed by atoms with E-state index < -0.39 is 5.97 Å². The van der Waals surface area contributed by atoms with Crippen LogP contribution in [-0.2, 0) is 4.79 Å². The maximum Gasteiger partial charge on any atom is 0.303 e. The summed E-state index contributed by atoms with van der Waals surface area (Å²) in [7, 11) is 1.61. The summed E-state index contributed by atoms with van der Waals surface area (Å²) in [5.41, 5.74) is 0.927. The summed E-state index contributed by atoms with van der Waals surface area (Å²) in [4.78, 5) is 27.2. The number of nitrogens with zero attached hydrogens (tertiary/aromatic N) is 1. The van der Waals surface area contributed by atoms with Crippen LogP contribution in [-0.4, -0.2) is 35.6 Å². The number of hydrogen-bond acceptors (Lipinski definition) is 5. The molecule has 7 heteroatoms. The molecule has 1 heterocycles. The molecule has 0 saturated heterocycles. The number of carbonyl (C=O) groups is 2. The van der Waals surface area contributed by atoms with Gasteiger partial charge in [0.05, 0.1) is 13.3 Å². The van der Waals surface area contributed by atoms with Crippen molar-refractivity contribution in [1.29, 1.82) is 0 Å². The highest BCUT2D eigenvalue weighted by Crippen LogP contribution is 2.26. The van der Waals surface area contributed by atoms with Crippen LogP contribution in [0.2, 0.25) is 0 Å². The van der Waals surface area contributed by atoms with E-state index in [0.717, 1.165) is 16.3 Å². The number of amides is 1. The topological polar surface area (TPSA) is 88.5 Å². The number of rotatable bonds is 8. The second kappa shape index (κ2) is 8.28. The van der Waals surface area contributed by atoms with Gasteiger partial charge in [-0.3, -0.25) is 9.59 Å². The number of aliphatic carboxylic acids is 1. The van der Waals surface area contributed by atoms with Crippen LogP contribution in [0.1, 0.15) is 28.9 Å². The first-order chi connectivity index (χ1) is 11.1. The molecule has 0 fully saturated rings. The van der Waals surface area contributed by atoms with Gasteiger partial charge in [0.2, 0.25) is 0 Å². The Balaban J connectivity index is 1.87. The number of nitrogens with one attached hydrogen (secondary N) is 1. The highest BCUT2D eigenvalue weighted by Gasteiger charge is 2.11. The van der Waals surface area contributed by atoms with Gasteiger partial charge in [0, 0.05) is 18.5 Å². The Morgan fingerprint density at radius 3 is 2.65 bits per heavy atom. The zero-order chi connectivity index (χ0) is 16.7. The smallest absolute Gasteiger partial charge is 0.303 e. The maximum atomic E-state index is 12.0. The van der Waals surface area contributed by atoms with Gasteiger partial charge in [-0.05, 0) is 37.1 Å². The van der Waals surface area contributed by atoms with Gasteiger partial charge in [0.1, 0.15) is 15.6 Å². The van der Waals surface area contributed by atoms with Crippen LogP contribution in [0.25, 0.3) is 10.6 Å². The predicted octanol–water partition coefficient (Wildman–Crippen LogP) is 2.80. The first kappa shape index (κ1) is 17.0. The molecule has 0 aliphatic rings. The van der Waals surface area contributed by atoms with E-state index in [1.165, 1.54) is 11.3 Å². The van der Waals surface area contributed by atoms with Gasteiger partial charge in [-0.1, -0.05) is 0 Å². The lowest BCUT2D eigenvalue weighted by atomic mass is 10.2. The fourth-order valence-electron chi connectivity index (χ4n) is 1.94. The first-order valence-electron chi connectivity index (χ1n) is 7.20. The highest BCUT2D eigenvalue weighted by molar-refractivity contribution is 7.16. The Morgan fingerprint density at radius 1 is 1.26 bits per heavy atom. The molecule has 0 unspecified atom stereocenters. The molecule has 2 aromatic rings. The number of ether oxygens (including phenoxy) is 1. The van der Waals surface area contributed by atoms with Crippen LogP contribution >= 0.6 is 11.3 Å². The fraction of sp³-hybridized carbons (Fsp3) is 0.312. The zero-order valence-electron chi connectivity index (χ0n) is 12.7. The van der Waals surface area contributed by atoms with E-state index in [1.807, 2.05) is 24.3 Å². The molecule has 1 aromatic heterocycles. The monoisotopic (exact) mass is 334 g/mol. The Bertz CT molecular complexity index is 667. The lowest BCUT2D eigenvalue weighted by Gasteiger charge is -2.02. The number of carboxylic acids is 1. The molecule has 0 aliphatic heterocycles. The number of thiazole rings is 1. The minimum Gasteiger partial charge on any atom is -0.497 e. The SMILES string of the molecule is COc1ccc(-c2ncc(C(=O)NCCCCC(=O)O)s2)cc1. The number of hydrogen-bond donors (Lipinski definition) is 2. The van der Waals surface area contributed by atoms with Gasteiger partial charge >= 0.3 is 5.97 Å². The van der Waals surface area contributed by atoms with Gasteiger partial charge in [-0.2, -0.15) is 0 Å². The van der Waals surface area contributed by atoms with Crippen molar-refractivity contribution in [1.82, 2.24) is 10.3 Å². The molecule has 2 N–H and O–H groups in total. The van der Waals surface area contributed by atoms with Gasteiger partial charge in [-0.15, -0.1) is 11.3 Å². The van der Waals surface area contributed by atoms with Crippen LogP contribution < -0.4 is 10.1 Å². The summed E-state index contributed by atoms with van der Waals surface area (Å²) in [5, 5.41) is 12.1. The van der Waals surface area contributed by atoms with Crippen molar-refractivity contribution in [2.75, 3.05) is 13.7 Å². The Kier molecular flexibility index (Phi) is 6.10. The molecule has 0 aliphatic carbocycles. The van der Waals surface area contributed by atoms with Crippen LogP contribution in [0, 0.1) is 0 Å². The van der Waals surface area contributed by atoms with E-state index in [-0.39, 0.29) is 12.3 Å². The summed E-state index contributed by atoms with van der Waals surface area (Å²) >= 11 is 1.32. The van der Waals surface area contributed by atoms with Crippen LogP contribution in [0.4, 0.5) is 0 Å². The van der Waals surface area contributed by atoms with Crippen molar-refractivity contribution in [2.45, 2.75) is 19.3 Å². The van der Waals surface area contributed by atoms with Crippen molar-refractivity contribution in [3.05, 3.63) is 35.3 Å². The summed E-state index contributed by atoms with van der Waals surface area (Å²) in [6.07, 6.45) is 2.87. The van der Waals surface area contributed by atoms with Crippen molar-refractivity contribution >= 4 is 23.2 Å². The van der Waals surface area contributed by atoms with E-state index in [9.17, 15) is 9.59 Å². The summed E-state index contributed by atoms with van der Waals surface area (Å²) in [6.45, 7) is 0.460. The molecule has 0 radical (unpaired) electrons. The Labute approximate surface area is 138 Å². The molecule has 0 spiro atoms. The number of unbranched alkanes of at least 4 members (excludes halogenated alkanes) is 1. The molecule has 0 saturated carbocycles. The number of methoxy groups -OCH3 is 1. The van der Waals surface area contributed by atoms with E-state index in [2.05, 4.69) is 10.3 Å². The average molecular weight is 334 g/mol. The normalized spacial score (nSPS) is 10.3. The molecule has 1 aromatic carbocycles. The average Bonchev–Trinajstić information content (AvgIpc) is 3.04. The summed E-state index contributed by atoms with van der Waals surface area (Å²) in [6, 6.07) is 7.48. The number of carboxylic acid groups (broad SMARTS) is 1. The summed E-state index contributed by atoms with van der Waals surface area (Å²) < 4.78 is 5.11. The Hall–Kier alpha value is -2.41. The van der Waals surface area contributed by atoms with Crippen molar-refractivity contribution in [3.63, 3.8) is 0 Å². The third-order valence-electron chi connectivity index (χ3n) is 3.17. The molecule has 23 heavy (non-hydrogen) atoms. The molecule has 6 nitrogen and oxygen atoms in total. The molecule has 1 amide bonds. The third-order valence-corrected chi connectivity index (χ3v) is 4.21. The predicted molar refractivity (Wildman–Crippen MR) is 87.9 cm³/mol. The van der Waals surface area contributed by atoms with E-state index >= 15 is 0 Å². The van der Waals surface area contributed by atoms with Gasteiger partial charge in [-0.25, -0.2) is 4.98 Å². The van der Waals surface area contributed by atoms with E-state index in [4.69, 9.17) is 9.84 Å². The molecular formula is C16H18N2O4S. The first-order valence-corrected chi connectivity index (χ1v) is 8.02.